The summed E-state index contributed by atoms with van der Waals surface area (Å²) in [6.07, 6.45) is 1.37. The zero-order valence-electron chi connectivity index (χ0n) is 17.7. The Kier molecular flexibility index (Phi) is 11.2. The van der Waals surface area contributed by atoms with Crippen molar-refractivity contribution in [3.05, 3.63) is 68.1 Å². The van der Waals surface area contributed by atoms with Crippen LogP contribution in [0.3, 0.4) is 0 Å². The van der Waals surface area contributed by atoms with Gasteiger partial charge in [-0.15, -0.1) is 11.8 Å². The molecule has 0 bridgehead atoms. The van der Waals surface area contributed by atoms with E-state index in [0.717, 1.165) is 27.8 Å². The van der Waals surface area contributed by atoms with Gasteiger partial charge in [0.15, 0.2) is 0 Å². The first kappa shape index (κ1) is 26.0. The highest BCUT2D eigenvalue weighted by Gasteiger charge is 2.28. The topological polar surface area (TPSA) is 49.4 Å². The molecule has 0 aliphatic carbocycles. The SMILES string of the molecule is CCCNC(=O)[C@@H](CC)N(Cc1ccc(Cl)c(Cl)c1)C(=O)CSCc1ccc(Br)cc1. The number of nitrogens with one attached hydrogen (secondary N) is 1. The first-order chi connectivity index (χ1) is 14.8. The van der Waals surface area contributed by atoms with Crippen LogP contribution in [0.5, 0.6) is 0 Å². The van der Waals surface area contributed by atoms with E-state index in [4.69, 9.17) is 23.2 Å². The largest absolute Gasteiger partial charge is 0.354 e. The molecule has 0 aliphatic heterocycles. The van der Waals surface area contributed by atoms with Crippen molar-refractivity contribution in [2.75, 3.05) is 12.3 Å². The lowest BCUT2D eigenvalue weighted by Crippen LogP contribution is -2.49. The molecule has 0 fully saturated rings. The van der Waals surface area contributed by atoms with Crippen molar-refractivity contribution in [3.63, 3.8) is 0 Å². The van der Waals surface area contributed by atoms with Crippen molar-refractivity contribution in [1.82, 2.24) is 10.2 Å². The van der Waals surface area contributed by atoms with E-state index >= 15 is 0 Å². The molecule has 0 aromatic heterocycles. The summed E-state index contributed by atoms with van der Waals surface area (Å²) in [5.41, 5.74) is 1.98. The number of rotatable bonds is 11. The Labute approximate surface area is 207 Å². The molecule has 0 heterocycles. The van der Waals surface area contributed by atoms with Gasteiger partial charge in [0.2, 0.25) is 11.8 Å². The molecule has 0 radical (unpaired) electrons. The van der Waals surface area contributed by atoms with Gasteiger partial charge in [0.25, 0.3) is 0 Å². The number of benzene rings is 2. The molecule has 4 nitrogen and oxygen atoms in total. The molecule has 2 amide bonds. The first-order valence-electron chi connectivity index (χ1n) is 10.2. The highest BCUT2D eigenvalue weighted by atomic mass is 79.9. The van der Waals surface area contributed by atoms with Gasteiger partial charge < -0.3 is 10.2 Å². The van der Waals surface area contributed by atoms with Crippen LogP contribution in [-0.2, 0) is 21.9 Å². The molecule has 2 rings (SSSR count). The minimum absolute atomic E-state index is 0.0771. The van der Waals surface area contributed by atoms with Crippen molar-refractivity contribution < 1.29 is 9.59 Å². The Morgan fingerprint density at radius 1 is 1.06 bits per heavy atom. The smallest absolute Gasteiger partial charge is 0.242 e. The fraction of sp³-hybridized carbons (Fsp3) is 0.391. The summed E-state index contributed by atoms with van der Waals surface area (Å²) >= 11 is 17.2. The molecule has 0 aliphatic rings. The maximum Gasteiger partial charge on any atom is 0.242 e. The molecule has 1 atom stereocenters. The summed E-state index contributed by atoms with van der Waals surface area (Å²) < 4.78 is 1.02. The molecule has 168 valence electrons. The van der Waals surface area contributed by atoms with Gasteiger partial charge in [0, 0.05) is 23.3 Å². The van der Waals surface area contributed by atoms with Gasteiger partial charge in [0.1, 0.15) is 6.04 Å². The Balaban J connectivity index is 2.13. The van der Waals surface area contributed by atoms with Crippen LogP contribution in [0.2, 0.25) is 10.0 Å². The third kappa shape index (κ3) is 8.33. The predicted molar refractivity (Wildman–Crippen MR) is 135 cm³/mol. The highest BCUT2D eigenvalue weighted by molar-refractivity contribution is 9.10. The van der Waals surface area contributed by atoms with E-state index in [1.807, 2.05) is 44.2 Å². The van der Waals surface area contributed by atoms with Gasteiger partial charge in [-0.1, -0.05) is 71.2 Å². The number of thioether (sulfide) groups is 1. The third-order valence-corrected chi connectivity index (χ3v) is 6.94. The number of halogens is 3. The number of hydrogen-bond donors (Lipinski definition) is 1. The fourth-order valence-electron chi connectivity index (χ4n) is 3.04. The van der Waals surface area contributed by atoms with Gasteiger partial charge in [-0.2, -0.15) is 0 Å². The summed E-state index contributed by atoms with van der Waals surface area (Å²) in [5.74, 6) is 0.801. The van der Waals surface area contributed by atoms with E-state index in [2.05, 4.69) is 21.2 Å². The van der Waals surface area contributed by atoms with E-state index in [1.165, 1.54) is 11.8 Å². The van der Waals surface area contributed by atoms with Crippen LogP contribution >= 0.6 is 50.9 Å². The Bertz CT molecular complexity index is 880. The molecular formula is C23H27BrCl2N2O2S. The van der Waals surface area contributed by atoms with Crippen LogP contribution < -0.4 is 5.32 Å². The molecule has 1 N–H and O–H groups in total. The van der Waals surface area contributed by atoms with Gasteiger partial charge in [-0.3, -0.25) is 9.59 Å². The highest BCUT2D eigenvalue weighted by Crippen LogP contribution is 2.24. The number of hydrogen-bond acceptors (Lipinski definition) is 3. The van der Waals surface area contributed by atoms with Crippen molar-refractivity contribution in [1.29, 1.82) is 0 Å². The average Bonchev–Trinajstić information content (AvgIpc) is 2.75. The van der Waals surface area contributed by atoms with Gasteiger partial charge in [-0.25, -0.2) is 0 Å². The molecular weight excluding hydrogens is 519 g/mol. The van der Waals surface area contributed by atoms with Crippen LogP contribution in [-0.4, -0.2) is 35.1 Å². The molecule has 0 saturated heterocycles. The van der Waals surface area contributed by atoms with Crippen LogP contribution in [0.15, 0.2) is 46.9 Å². The number of nitrogens with zero attached hydrogens (tertiary/aromatic N) is 1. The normalized spacial score (nSPS) is 11.8. The molecule has 31 heavy (non-hydrogen) atoms. The fourth-order valence-corrected chi connectivity index (χ4v) is 4.50. The van der Waals surface area contributed by atoms with E-state index in [0.29, 0.717) is 29.6 Å². The maximum absolute atomic E-state index is 13.2. The summed E-state index contributed by atoms with van der Waals surface area (Å²) in [7, 11) is 0. The molecule has 0 unspecified atom stereocenters. The third-order valence-electron chi connectivity index (χ3n) is 4.68. The minimum Gasteiger partial charge on any atom is -0.354 e. The van der Waals surface area contributed by atoms with Crippen LogP contribution in [0.25, 0.3) is 0 Å². The summed E-state index contributed by atoms with van der Waals surface area (Å²) in [6.45, 7) is 4.80. The van der Waals surface area contributed by atoms with Crippen LogP contribution in [0, 0.1) is 0 Å². The summed E-state index contributed by atoms with van der Waals surface area (Å²) in [6, 6.07) is 12.8. The zero-order valence-corrected chi connectivity index (χ0v) is 21.6. The lowest BCUT2D eigenvalue weighted by molar-refractivity contribution is -0.139. The lowest BCUT2D eigenvalue weighted by Gasteiger charge is -2.30. The quantitative estimate of drug-likeness (QED) is 0.359. The van der Waals surface area contributed by atoms with Crippen molar-refractivity contribution >= 4 is 62.7 Å². The van der Waals surface area contributed by atoms with Gasteiger partial charge >= 0.3 is 0 Å². The van der Waals surface area contributed by atoms with Gasteiger partial charge in [-0.05, 0) is 48.2 Å². The Morgan fingerprint density at radius 3 is 2.35 bits per heavy atom. The number of amides is 2. The average molecular weight is 546 g/mol. The predicted octanol–water partition coefficient (Wildman–Crippen LogP) is 6.32. The minimum atomic E-state index is -0.540. The number of carbonyl (C=O) groups excluding carboxylic acids is 2. The van der Waals surface area contributed by atoms with Crippen LogP contribution in [0.4, 0.5) is 0 Å². The Hall–Kier alpha value is -1.21. The van der Waals surface area contributed by atoms with E-state index < -0.39 is 6.04 Å². The molecule has 2 aromatic rings. The molecule has 8 heteroatoms. The van der Waals surface area contributed by atoms with E-state index in [9.17, 15) is 9.59 Å². The van der Waals surface area contributed by atoms with E-state index in [1.54, 1.807) is 17.0 Å². The maximum atomic E-state index is 13.2. The lowest BCUT2D eigenvalue weighted by atomic mass is 10.1. The first-order valence-corrected chi connectivity index (χ1v) is 12.9. The Morgan fingerprint density at radius 2 is 1.74 bits per heavy atom. The molecule has 0 spiro atoms. The molecule has 0 saturated carbocycles. The van der Waals surface area contributed by atoms with E-state index in [-0.39, 0.29) is 17.6 Å². The van der Waals surface area contributed by atoms with Crippen molar-refractivity contribution in [2.45, 2.75) is 45.0 Å². The second kappa shape index (κ2) is 13.4. The standard InChI is InChI=1S/C23H27BrCl2N2O2S/c1-3-11-27-23(30)21(4-2)28(13-17-7-10-19(25)20(26)12-17)22(29)15-31-14-16-5-8-18(24)9-6-16/h5-10,12,21H,3-4,11,13-15H2,1-2H3,(H,27,30)/t21-/m1/s1. The second-order valence-corrected chi connectivity index (χ2v) is 9.82. The summed E-state index contributed by atoms with van der Waals surface area (Å²) in [4.78, 5) is 27.6. The number of carbonyl (C=O) groups is 2. The second-order valence-electron chi connectivity index (χ2n) is 7.10. The van der Waals surface area contributed by atoms with Gasteiger partial charge in [0.05, 0.1) is 15.8 Å². The van der Waals surface area contributed by atoms with Crippen molar-refractivity contribution in [2.24, 2.45) is 0 Å². The zero-order chi connectivity index (χ0) is 22.8. The molecule has 2 aromatic carbocycles. The van der Waals surface area contributed by atoms with Crippen molar-refractivity contribution in [3.8, 4) is 0 Å². The monoisotopic (exact) mass is 544 g/mol. The summed E-state index contributed by atoms with van der Waals surface area (Å²) in [5, 5.41) is 3.81. The van der Waals surface area contributed by atoms with Crippen LogP contribution in [0.1, 0.15) is 37.8 Å².